The van der Waals surface area contributed by atoms with Crippen molar-refractivity contribution in [3.8, 4) is 0 Å². The van der Waals surface area contributed by atoms with Gasteiger partial charge in [0.15, 0.2) is 0 Å². The maximum Gasteiger partial charge on any atom is 0.326 e. The van der Waals surface area contributed by atoms with Gasteiger partial charge in [-0.05, 0) is 17.9 Å². The van der Waals surface area contributed by atoms with Crippen molar-refractivity contribution in [2.24, 2.45) is 10.9 Å². The number of rotatable bonds is 5. The Balaban J connectivity index is 2.50. The quantitative estimate of drug-likeness (QED) is 0.687. The zero-order valence-corrected chi connectivity index (χ0v) is 10.2. The Morgan fingerprint density at radius 2 is 2.20 bits per heavy atom. The third-order valence-electron chi connectivity index (χ3n) is 1.81. The number of allylic oxidation sites excluding steroid dienone is 1. The van der Waals surface area contributed by atoms with Crippen LogP contribution in [0.15, 0.2) is 17.1 Å². The molecule has 0 aromatic rings. The number of nitrogens with zero attached hydrogens (tertiary/aromatic N) is 1. The van der Waals surface area contributed by atoms with E-state index in [0.717, 1.165) is 0 Å². The Kier molecular flexibility index (Phi) is 4.76. The summed E-state index contributed by atoms with van der Waals surface area (Å²) < 4.78 is 15.1. The molecule has 1 amide bonds. The molecule has 1 atom stereocenters. The molecule has 1 aliphatic rings. The van der Waals surface area contributed by atoms with Crippen molar-refractivity contribution in [3.05, 3.63) is 12.2 Å². The van der Waals surface area contributed by atoms with Gasteiger partial charge in [0.1, 0.15) is 0 Å². The summed E-state index contributed by atoms with van der Waals surface area (Å²) in [4.78, 5) is 14.9. The molecule has 0 saturated heterocycles. The Labute approximate surface area is 93.4 Å². The minimum absolute atomic E-state index is 0.131. The van der Waals surface area contributed by atoms with E-state index >= 15 is 0 Å². The van der Waals surface area contributed by atoms with Crippen LogP contribution in [-0.4, -0.2) is 32.9 Å². The van der Waals surface area contributed by atoms with Gasteiger partial charge in [0.2, 0.25) is 0 Å². The summed E-state index contributed by atoms with van der Waals surface area (Å²) in [7, 11) is 2.84. The van der Waals surface area contributed by atoms with Crippen LogP contribution >= 0.6 is 6.72 Å². The van der Waals surface area contributed by atoms with Crippen LogP contribution in [0.3, 0.4) is 0 Å². The van der Waals surface area contributed by atoms with Crippen molar-refractivity contribution in [2.75, 3.05) is 20.8 Å². The molecule has 84 valence electrons. The molecular formula is C8H12NO4PS. The lowest BCUT2D eigenvalue weighted by Crippen LogP contribution is -2.18. The fraction of sp³-hybridized carbons (Fsp3) is 0.500. The molecule has 1 heterocycles. The summed E-state index contributed by atoms with van der Waals surface area (Å²) in [6.07, 6.45) is 4.85. The van der Waals surface area contributed by atoms with Gasteiger partial charge in [-0.2, -0.15) is 0 Å². The Bertz CT molecular complexity index is 334. The van der Waals surface area contributed by atoms with Crippen LogP contribution in [0.2, 0.25) is 0 Å². The normalized spacial score (nSPS) is 20.9. The van der Waals surface area contributed by atoms with Crippen LogP contribution in [0, 0.1) is 5.92 Å². The average molecular weight is 249 g/mol. The number of dihydropyridines is 1. The zero-order chi connectivity index (χ0) is 11.3. The van der Waals surface area contributed by atoms with E-state index in [1.165, 1.54) is 20.4 Å². The SMILES string of the molecule is COP(=S)(OC)OCC1C=CC=NC1=O. The first-order valence-electron chi connectivity index (χ1n) is 4.22. The van der Waals surface area contributed by atoms with Gasteiger partial charge in [-0.15, -0.1) is 0 Å². The number of carbonyl (C=O) groups is 1. The van der Waals surface area contributed by atoms with E-state index in [2.05, 4.69) is 4.99 Å². The van der Waals surface area contributed by atoms with Crippen molar-refractivity contribution in [3.63, 3.8) is 0 Å². The summed E-state index contributed by atoms with van der Waals surface area (Å²) in [6.45, 7) is -2.55. The first-order chi connectivity index (χ1) is 7.11. The number of hydrogen-bond donors (Lipinski definition) is 0. The highest BCUT2D eigenvalue weighted by Gasteiger charge is 2.22. The van der Waals surface area contributed by atoms with Gasteiger partial charge in [0.05, 0.1) is 12.5 Å². The molecule has 5 nitrogen and oxygen atoms in total. The van der Waals surface area contributed by atoms with Gasteiger partial charge in [-0.3, -0.25) is 4.79 Å². The standard InChI is InChI=1S/C8H12NO4PS/c1-11-14(15,12-2)13-6-7-4-3-5-9-8(7)10/h3-5,7H,6H2,1-2H3. The Morgan fingerprint density at radius 3 is 2.73 bits per heavy atom. The maximum atomic E-state index is 11.3. The number of hydrogen-bond acceptors (Lipinski definition) is 5. The summed E-state index contributed by atoms with van der Waals surface area (Å²) in [5.74, 6) is -0.645. The summed E-state index contributed by atoms with van der Waals surface area (Å²) in [5, 5.41) is 0. The zero-order valence-electron chi connectivity index (χ0n) is 8.45. The third-order valence-corrected chi connectivity index (χ3v) is 4.38. The second kappa shape index (κ2) is 5.63. The Hall–Kier alpha value is -0.390. The molecule has 0 spiro atoms. The van der Waals surface area contributed by atoms with E-state index in [9.17, 15) is 4.79 Å². The molecule has 0 aromatic carbocycles. The molecule has 0 N–H and O–H groups in total. The molecule has 1 unspecified atom stereocenters. The second-order valence-electron chi connectivity index (χ2n) is 2.72. The molecule has 0 fully saturated rings. The summed E-state index contributed by atoms with van der Waals surface area (Å²) >= 11 is 4.98. The van der Waals surface area contributed by atoms with E-state index in [1.807, 2.05) is 0 Å². The molecule has 7 heteroatoms. The van der Waals surface area contributed by atoms with E-state index in [4.69, 9.17) is 25.4 Å². The van der Waals surface area contributed by atoms with Crippen LogP contribution in [0.25, 0.3) is 0 Å². The van der Waals surface area contributed by atoms with Gasteiger partial charge in [-0.1, -0.05) is 6.08 Å². The van der Waals surface area contributed by atoms with E-state index in [1.54, 1.807) is 12.2 Å². The number of amides is 1. The van der Waals surface area contributed by atoms with Gasteiger partial charge in [0, 0.05) is 20.4 Å². The third kappa shape index (κ3) is 3.59. The highest BCUT2D eigenvalue weighted by Crippen LogP contribution is 2.48. The van der Waals surface area contributed by atoms with E-state index in [0.29, 0.717) is 0 Å². The van der Waals surface area contributed by atoms with Crippen LogP contribution in [-0.2, 0) is 30.2 Å². The van der Waals surface area contributed by atoms with Crippen molar-refractivity contribution >= 4 is 30.6 Å². The largest absolute Gasteiger partial charge is 0.326 e. The van der Waals surface area contributed by atoms with Crippen LogP contribution < -0.4 is 0 Å². The van der Waals surface area contributed by atoms with Crippen molar-refractivity contribution in [2.45, 2.75) is 0 Å². The Morgan fingerprint density at radius 1 is 1.53 bits per heavy atom. The minimum Gasteiger partial charge on any atom is -0.312 e. The molecular weight excluding hydrogens is 237 g/mol. The molecule has 1 aliphatic heterocycles. The topological polar surface area (TPSA) is 57.1 Å². The monoisotopic (exact) mass is 249 g/mol. The lowest BCUT2D eigenvalue weighted by molar-refractivity contribution is -0.121. The van der Waals surface area contributed by atoms with E-state index in [-0.39, 0.29) is 12.5 Å². The van der Waals surface area contributed by atoms with Gasteiger partial charge in [0.25, 0.3) is 5.91 Å². The minimum atomic E-state index is -2.68. The lowest BCUT2D eigenvalue weighted by atomic mass is 10.1. The number of carbonyl (C=O) groups excluding carboxylic acids is 1. The fourth-order valence-electron chi connectivity index (χ4n) is 0.957. The lowest BCUT2D eigenvalue weighted by Gasteiger charge is -2.19. The molecule has 0 bridgehead atoms. The molecule has 0 aromatic heterocycles. The first-order valence-corrected chi connectivity index (χ1v) is 6.77. The molecule has 0 aliphatic carbocycles. The molecule has 1 rings (SSSR count). The fourth-order valence-corrected chi connectivity index (χ4v) is 1.84. The van der Waals surface area contributed by atoms with Gasteiger partial charge in [-0.25, -0.2) is 4.99 Å². The predicted octanol–water partition coefficient (Wildman–Crippen LogP) is 1.30. The van der Waals surface area contributed by atoms with Crippen molar-refractivity contribution in [1.29, 1.82) is 0 Å². The highest BCUT2D eigenvalue weighted by molar-refractivity contribution is 8.07. The first kappa shape index (κ1) is 12.7. The van der Waals surface area contributed by atoms with Gasteiger partial charge >= 0.3 is 6.72 Å². The maximum absolute atomic E-state index is 11.3. The number of aliphatic imine (C=N–C) groups is 1. The van der Waals surface area contributed by atoms with Gasteiger partial charge < -0.3 is 13.6 Å². The molecule has 0 saturated carbocycles. The second-order valence-corrected chi connectivity index (χ2v) is 5.94. The smallest absolute Gasteiger partial charge is 0.312 e. The average Bonchev–Trinajstić information content (AvgIpc) is 2.28. The van der Waals surface area contributed by atoms with Crippen LogP contribution in [0.4, 0.5) is 0 Å². The van der Waals surface area contributed by atoms with Crippen LogP contribution in [0.5, 0.6) is 0 Å². The van der Waals surface area contributed by atoms with Crippen LogP contribution in [0.1, 0.15) is 0 Å². The van der Waals surface area contributed by atoms with E-state index < -0.39 is 12.6 Å². The predicted molar refractivity (Wildman–Crippen MR) is 60.4 cm³/mol. The summed E-state index contributed by atoms with van der Waals surface area (Å²) in [6, 6.07) is 0. The summed E-state index contributed by atoms with van der Waals surface area (Å²) in [5.41, 5.74) is 0. The molecule has 0 radical (unpaired) electrons. The van der Waals surface area contributed by atoms with Crippen molar-refractivity contribution in [1.82, 2.24) is 0 Å². The molecule has 15 heavy (non-hydrogen) atoms. The highest BCUT2D eigenvalue weighted by atomic mass is 32.5. The van der Waals surface area contributed by atoms with Crippen molar-refractivity contribution < 1.29 is 18.4 Å².